The minimum Gasteiger partial charge on any atom is -0.507 e. The van der Waals surface area contributed by atoms with E-state index in [-0.39, 0.29) is 11.4 Å². The van der Waals surface area contributed by atoms with E-state index in [4.69, 9.17) is 4.74 Å². The van der Waals surface area contributed by atoms with Crippen LogP contribution in [0.15, 0.2) is 36.4 Å². The van der Waals surface area contributed by atoms with Gasteiger partial charge in [-0.3, -0.25) is 0 Å². The Morgan fingerprint density at radius 2 is 1.50 bits per heavy atom. The van der Waals surface area contributed by atoms with Crippen molar-refractivity contribution >= 4 is 5.97 Å². The van der Waals surface area contributed by atoms with Crippen LogP contribution in [0.4, 0.5) is 0 Å². The molecule has 0 aromatic heterocycles. The van der Waals surface area contributed by atoms with Gasteiger partial charge in [-0.2, -0.15) is 0 Å². The van der Waals surface area contributed by atoms with E-state index in [1.165, 1.54) is 0 Å². The van der Waals surface area contributed by atoms with Gasteiger partial charge in [0.05, 0.1) is 5.56 Å². The van der Waals surface area contributed by atoms with Gasteiger partial charge in [0.2, 0.25) is 0 Å². The number of para-hydroxylation sites is 1. The maximum Gasteiger partial charge on any atom is 0.343 e. The summed E-state index contributed by atoms with van der Waals surface area (Å²) in [7, 11) is 0. The number of aryl methyl sites for hydroxylation is 2. The summed E-state index contributed by atoms with van der Waals surface area (Å²) < 4.78 is 5.80. The number of rotatable bonds is 8. The van der Waals surface area contributed by atoms with Crippen LogP contribution in [0, 0.1) is 0 Å². The molecule has 0 spiro atoms. The minimum atomic E-state index is -0.368. The van der Waals surface area contributed by atoms with Gasteiger partial charge in [0.15, 0.2) is 0 Å². The van der Waals surface area contributed by atoms with E-state index >= 15 is 0 Å². The van der Waals surface area contributed by atoms with Crippen LogP contribution in [-0.4, -0.2) is 11.1 Å². The third kappa shape index (κ3) is 5.60. The van der Waals surface area contributed by atoms with Crippen LogP contribution in [0.2, 0.25) is 0 Å². The molecular weight excluding hydrogens is 348 g/mol. The summed E-state index contributed by atoms with van der Waals surface area (Å²) in [5.74, 6) is 0.569. The zero-order chi connectivity index (χ0) is 20.7. The maximum atomic E-state index is 13.0. The number of carbonyl (C=O) groups excluding carboxylic acids is 1. The fourth-order valence-corrected chi connectivity index (χ4v) is 3.33. The molecule has 0 atom stereocenters. The standard InChI is InChI=1S/C25H34O3/c1-6-8-12-18-16-20(17-19(23(18)26)13-9-7-2)24(27)28-22-15-11-10-14-21(22)25(3,4)5/h10-11,14-17,26H,6-9,12-13H2,1-5H3. The zero-order valence-electron chi connectivity index (χ0n) is 18.0. The second-order valence-electron chi connectivity index (χ2n) is 8.49. The molecule has 0 unspecified atom stereocenters. The fraction of sp³-hybridized carbons (Fsp3) is 0.480. The Labute approximate surface area is 169 Å². The third-order valence-corrected chi connectivity index (χ3v) is 5.00. The molecule has 0 fully saturated rings. The molecule has 152 valence electrons. The summed E-state index contributed by atoms with van der Waals surface area (Å²) in [4.78, 5) is 13.0. The normalized spacial score (nSPS) is 11.5. The monoisotopic (exact) mass is 382 g/mol. The third-order valence-electron chi connectivity index (χ3n) is 5.00. The number of benzene rings is 2. The van der Waals surface area contributed by atoms with Crippen LogP contribution in [0.1, 0.15) is 87.4 Å². The summed E-state index contributed by atoms with van der Waals surface area (Å²) in [6.45, 7) is 10.6. The van der Waals surface area contributed by atoms with Gasteiger partial charge < -0.3 is 9.84 Å². The molecule has 0 radical (unpaired) electrons. The highest BCUT2D eigenvalue weighted by Crippen LogP contribution is 2.32. The first-order chi connectivity index (χ1) is 13.3. The first-order valence-corrected chi connectivity index (χ1v) is 10.4. The molecule has 3 nitrogen and oxygen atoms in total. The molecule has 0 saturated carbocycles. The zero-order valence-corrected chi connectivity index (χ0v) is 18.0. The SMILES string of the molecule is CCCCc1cc(C(=O)Oc2ccccc2C(C)(C)C)cc(CCCC)c1O. The highest BCUT2D eigenvalue weighted by Gasteiger charge is 2.21. The topological polar surface area (TPSA) is 46.5 Å². The smallest absolute Gasteiger partial charge is 0.343 e. The molecule has 0 aliphatic heterocycles. The van der Waals surface area contributed by atoms with Crippen LogP contribution in [0.3, 0.4) is 0 Å². The summed E-state index contributed by atoms with van der Waals surface area (Å²) in [5, 5.41) is 10.6. The van der Waals surface area contributed by atoms with Gasteiger partial charge in [-0.05, 0) is 60.4 Å². The Morgan fingerprint density at radius 1 is 0.964 bits per heavy atom. The van der Waals surface area contributed by atoms with Gasteiger partial charge in [0.1, 0.15) is 11.5 Å². The number of ether oxygens (including phenoxy) is 1. The predicted molar refractivity (Wildman–Crippen MR) is 115 cm³/mol. The number of unbranched alkanes of at least 4 members (excludes halogenated alkanes) is 2. The first-order valence-electron chi connectivity index (χ1n) is 10.4. The number of phenolic OH excluding ortho intramolecular Hbond substituents is 1. The number of esters is 1. The first kappa shape index (κ1) is 22.0. The average Bonchev–Trinajstić information content (AvgIpc) is 2.65. The van der Waals surface area contributed by atoms with Gasteiger partial charge >= 0.3 is 5.97 Å². The highest BCUT2D eigenvalue weighted by molar-refractivity contribution is 5.92. The second kappa shape index (κ2) is 9.77. The van der Waals surface area contributed by atoms with Crippen LogP contribution in [0.5, 0.6) is 11.5 Å². The van der Waals surface area contributed by atoms with Crippen LogP contribution in [-0.2, 0) is 18.3 Å². The molecule has 1 N–H and O–H groups in total. The van der Waals surface area contributed by atoms with Gasteiger partial charge in [-0.1, -0.05) is 65.7 Å². The van der Waals surface area contributed by atoms with Crippen molar-refractivity contribution in [3.05, 3.63) is 58.7 Å². The number of aromatic hydroxyl groups is 1. The van der Waals surface area contributed by atoms with Crippen LogP contribution in [0.25, 0.3) is 0 Å². The molecule has 2 aromatic rings. The lowest BCUT2D eigenvalue weighted by Gasteiger charge is -2.22. The predicted octanol–water partition coefficient (Wildman–Crippen LogP) is 6.59. The van der Waals surface area contributed by atoms with E-state index in [0.29, 0.717) is 17.1 Å². The molecule has 28 heavy (non-hydrogen) atoms. The average molecular weight is 383 g/mol. The van der Waals surface area contributed by atoms with E-state index in [9.17, 15) is 9.90 Å². The molecule has 0 heterocycles. The van der Waals surface area contributed by atoms with Crippen molar-refractivity contribution in [2.24, 2.45) is 0 Å². The summed E-state index contributed by atoms with van der Waals surface area (Å²) in [6, 6.07) is 11.3. The lowest BCUT2D eigenvalue weighted by Crippen LogP contribution is -2.16. The maximum absolute atomic E-state index is 13.0. The van der Waals surface area contributed by atoms with Gasteiger partial charge in [0.25, 0.3) is 0 Å². The Kier molecular flexibility index (Phi) is 7.68. The Balaban J connectivity index is 2.37. The van der Waals surface area contributed by atoms with E-state index in [1.807, 2.05) is 24.3 Å². The van der Waals surface area contributed by atoms with E-state index in [2.05, 4.69) is 34.6 Å². The molecule has 0 aliphatic rings. The fourth-order valence-electron chi connectivity index (χ4n) is 3.33. The summed E-state index contributed by atoms with van der Waals surface area (Å²) >= 11 is 0. The highest BCUT2D eigenvalue weighted by atomic mass is 16.5. The quantitative estimate of drug-likeness (QED) is 0.413. The van der Waals surface area contributed by atoms with Crippen molar-refractivity contribution in [2.45, 2.75) is 78.6 Å². The summed E-state index contributed by atoms with van der Waals surface area (Å²) in [6.07, 6.45) is 5.56. The van der Waals surface area contributed by atoms with Crippen molar-refractivity contribution in [2.75, 3.05) is 0 Å². The number of carbonyl (C=O) groups is 1. The Bertz CT molecular complexity index is 771. The number of phenols is 1. The van der Waals surface area contributed by atoms with Gasteiger partial charge in [0, 0.05) is 5.56 Å². The van der Waals surface area contributed by atoms with Crippen molar-refractivity contribution in [1.29, 1.82) is 0 Å². The Morgan fingerprint density at radius 3 is 2.00 bits per heavy atom. The van der Waals surface area contributed by atoms with E-state index in [0.717, 1.165) is 55.2 Å². The van der Waals surface area contributed by atoms with Gasteiger partial charge in [-0.25, -0.2) is 4.79 Å². The van der Waals surface area contributed by atoms with Crippen molar-refractivity contribution in [3.8, 4) is 11.5 Å². The minimum absolute atomic E-state index is 0.121. The summed E-state index contributed by atoms with van der Waals surface area (Å²) in [5.41, 5.74) is 3.07. The molecule has 0 bridgehead atoms. The van der Waals surface area contributed by atoms with Crippen molar-refractivity contribution in [1.82, 2.24) is 0 Å². The largest absolute Gasteiger partial charge is 0.507 e. The van der Waals surface area contributed by atoms with E-state index in [1.54, 1.807) is 12.1 Å². The van der Waals surface area contributed by atoms with Crippen LogP contribution >= 0.6 is 0 Å². The van der Waals surface area contributed by atoms with Crippen molar-refractivity contribution in [3.63, 3.8) is 0 Å². The number of hydrogen-bond acceptors (Lipinski definition) is 3. The Hall–Kier alpha value is -2.29. The van der Waals surface area contributed by atoms with Crippen LogP contribution < -0.4 is 4.74 Å². The number of hydrogen-bond donors (Lipinski definition) is 1. The van der Waals surface area contributed by atoms with Gasteiger partial charge in [-0.15, -0.1) is 0 Å². The lowest BCUT2D eigenvalue weighted by molar-refractivity contribution is 0.0731. The molecule has 0 saturated heterocycles. The second-order valence-corrected chi connectivity index (χ2v) is 8.49. The molecule has 2 aromatic carbocycles. The molecule has 3 heteroatoms. The molecule has 0 amide bonds. The molecule has 0 aliphatic carbocycles. The molecule has 2 rings (SSSR count). The molecular formula is C25H34O3. The van der Waals surface area contributed by atoms with E-state index < -0.39 is 0 Å². The van der Waals surface area contributed by atoms with Crippen molar-refractivity contribution < 1.29 is 14.6 Å². The lowest BCUT2D eigenvalue weighted by atomic mass is 9.86.